The molecule has 1 heterocycles. The lowest BCUT2D eigenvalue weighted by Crippen LogP contribution is -2.28. The predicted octanol–water partition coefficient (Wildman–Crippen LogP) is 5.08. The van der Waals surface area contributed by atoms with Gasteiger partial charge in [0.05, 0.1) is 5.69 Å². The molecular weight excluding hydrogens is 344 g/mol. The zero-order valence-corrected chi connectivity index (χ0v) is 17.1. The standard InChI is InChI=1S/C24H28N4/c1-16-6-10-20(11-7-16)24(4,5)15-26-23-13-12-22(27-28-23)19-9-8-17(2)21(14-19)18(3)25/h6-14H,3,15,25H2,1-2,4-5H3,(H,26,28). The molecule has 4 nitrogen and oxygen atoms in total. The van der Waals surface area contributed by atoms with E-state index in [4.69, 9.17) is 5.73 Å². The van der Waals surface area contributed by atoms with Crippen LogP contribution in [0.3, 0.4) is 0 Å². The smallest absolute Gasteiger partial charge is 0.148 e. The molecule has 0 radical (unpaired) electrons. The van der Waals surface area contributed by atoms with Gasteiger partial charge in [-0.2, -0.15) is 0 Å². The zero-order chi connectivity index (χ0) is 20.3. The third kappa shape index (κ3) is 4.39. The fourth-order valence-electron chi connectivity index (χ4n) is 3.13. The van der Waals surface area contributed by atoms with E-state index in [2.05, 4.69) is 67.1 Å². The number of hydrogen-bond acceptors (Lipinski definition) is 4. The predicted molar refractivity (Wildman–Crippen MR) is 118 cm³/mol. The van der Waals surface area contributed by atoms with E-state index in [-0.39, 0.29) is 5.41 Å². The highest BCUT2D eigenvalue weighted by molar-refractivity contribution is 5.70. The number of hydrogen-bond donors (Lipinski definition) is 2. The summed E-state index contributed by atoms with van der Waals surface area (Å²) in [6, 6.07) is 18.7. The maximum Gasteiger partial charge on any atom is 0.148 e. The van der Waals surface area contributed by atoms with E-state index in [9.17, 15) is 0 Å². The molecule has 0 aliphatic carbocycles. The Hall–Kier alpha value is -3.14. The van der Waals surface area contributed by atoms with Gasteiger partial charge in [0.15, 0.2) is 0 Å². The number of aromatic nitrogens is 2. The van der Waals surface area contributed by atoms with Gasteiger partial charge in [-0.15, -0.1) is 10.2 Å². The molecule has 0 fully saturated rings. The molecule has 0 aliphatic heterocycles. The van der Waals surface area contributed by atoms with E-state index in [1.54, 1.807) is 0 Å². The monoisotopic (exact) mass is 372 g/mol. The van der Waals surface area contributed by atoms with E-state index in [1.165, 1.54) is 11.1 Å². The Morgan fingerprint density at radius 3 is 2.32 bits per heavy atom. The number of nitrogens with zero attached hydrogens (tertiary/aromatic N) is 2. The summed E-state index contributed by atoms with van der Waals surface area (Å²) in [5.74, 6) is 0.763. The van der Waals surface area contributed by atoms with Gasteiger partial charge in [-0.25, -0.2) is 0 Å². The van der Waals surface area contributed by atoms with Crippen LogP contribution in [0.25, 0.3) is 17.0 Å². The molecule has 0 unspecified atom stereocenters. The van der Waals surface area contributed by atoms with Crippen LogP contribution in [0.4, 0.5) is 5.82 Å². The molecule has 28 heavy (non-hydrogen) atoms. The molecule has 4 heteroatoms. The quantitative estimate of drug-likeness (QED) is 0.633. The summed E-state index contributed by atoms with van der Waals surface area (Å²) in [5.41, 5.74) is 12.8. The Labute approximate surface area is 167 Å². The Balaban J connectivity index is 1.72. The second-order valence-electron chi connectivity index (χ2n) is 7.96. The molecule has 0 saturated heterocycles. The highest BCUT2D eigenvalue weighted by Crippen LogP contribution is 2.25. The summed E-state index contributed by atoms with van der Waals surface area (Å²) in [6.07, 6.45) is 0. The SMILES string of the molecule is C=C(N)c1cc(-c2ccc(NCC(C)(C)c3ccc(C)cc3)nn2)ccc1C. The van der Waals surface area contributed by atoms with Gasteiger partial charge in [0.1, 0.15) is 5.82 Å². The van der Waals surface area contributed by atoms with Gasteiger partial charge in [0.2, 0.25) is 0 Å². The average Bonchev–Trinajstić information content (AvgIpc) is 2.67. The zero-order valence-electron chi connectivity index (χ0n) is 17.1. The summed E-state index contributed by atoms with van der Waals surface area (Å²) < 4.78 is 0. The summed E-state index contributed by atoms with van der Waals surface area (Å²) in [4.78, 5) is 0. The minimum Gasteiger partial charge on any atom is -0.399 e. The van der Waals surface area contributed by atoms with E-state index in [0.717, 1.165) is 34.7 Å². The Morgan fingerprint density at radius 2 is 1.71 bits per heavy atom. The van der Waals surface area contributed by atoms with Crippen molar-refractivity contribution in [2.45, 2.75) is 33.1 Å². The molecule has 0 amide bonds. The van der Waals surface area contributed by atoms with Crippen molar-refractivity contribution in [2.24, 2.45) is 5.73 Å². The highest BCUT2D eigenvalue weighted by Gasteiger charge is 2.20. The van der Waals surface area contributed by atoms with Gasteiger partial charge in [-0.05, 0) is 43.2 Å². The summed E-state index contributed by atoms with van der Waals surface area (Å²) in [5, 5.41) is 12.1. The first kappa shape index (κ1) is 19.6. The molecule has 2 aromatic carbocycles. The maximum atomic E-state index is 5.88. The van der Waals surface area contributed by atoms with Gasteiger partial charge in [0, 0.05) is 28.8 Å². The van der Waals surface area contributed by atoms with Crippen LogP contribution in [-0.2, 0) is 5.41 Å². The lowest BCUT2D eigenvalue weighted by Gasteiger charge is -2.26. The van der Waals surface area contributed by atoms with Crippen LogP contribution >= 0.6 is 0 Å². The van der Waals surface area contributed by atoms with Crippen molar-refractivity contribution in [1.29, 1.82) is 0 Å². The van der Waals surface area contributed by atoms with Crippen LogP contribution in [0, 0.1) is 13.8 Å². The molecule has 0 aliphatic rings. The van der Waals surface area contributed by atoms with Gasteiger partial charge in [-0.3, -0.25) is 0 Å². The van der Waals surface area contributed by atoms with E-state index in [1.807, 2.05) is 37.3 Å². The third-order valence-electron chi connectivity index (χ3n) is 5.09. The lowest BCUT2D eigenvalue weighted by molar-refractivity contribution is 0.555. The average molecular weight is 373 g/mol. The fraction of sp³-hybridized carbons (Fsp3) is 0.250. The number of rotatable bonds is 6. The van der Waals surface area contributed by atoms with Crippen molar-refractivity contribution in [3.05, 3.63) is 83.4 Å². The molecule has 0 atom stereocenters. The van der Waals surface area contributed by atoms with Crippen molar-refractivity contribution in [3.63, 3.8) is 0 Å². The first-order valence-corrected chi connectivity index (χ1v) is 9.47. The first-order chi connectivity index (χ1) is 13.3. The Morgan fingerprint density at radius 1 is 1.00 bits per heavy atom. The van der Waals surface area contributed by atoms with E-state index in [0.29, 0.717) is 5.70 Å². The largest absolute Gasteiger partial charge is 0.399 e. The highest BCUT2D eigenvalue weighted by atomic mass is 15.2. The molecule has 3 N–H and O–H groups in total. The van der Waals surface area contributed by atoms with Crippen molar-refractivity contribution in [2.75, 3.05) is 11.9 Å². The summed E-state index contributed by atoms with van der Waals surface area (Å²) >= 11 is 0. The van der Waals surface area contributed by atoms with E-state index >= 15 is 0 Å². The van der Waals surface area contributed by atoms with Crippen LogP contribution < -0.4 is 11.1 Å². The molecule has 0 saturated carbocycles. The number of aryl methyl sites for hydroxylation is 2. The van der Waals surface area contributed by atoms with Crippen molar-refractivity contribution in [3.8, 4) is 11.3 Å². The summed E-state index contributed by atoms with van der Waals surface area (Å²) in [6.45, 7) is 13.2. The second-order valence-corrected chi connectivity index (χ2v) is 7.96. The second kappa shape index (κ2) is 7.85. The van der Waals surface area contributed by atoms with Gasteiger partial charge >= 0.3 is 0 Å². The minimum atomic E-state index is -0.0125. The molecule has 3 aromatic rings. The van der Waals surface area contributed by atoms with Gasteiger partial charge in [-0.1, -0.05) is 62.4 Å². The molecule has 0 spiro atoms. The number of benzene rings is 2. The van der Waals surface area contributed by atoms with Crippen molar-refractivity contribution < 1.29 is 0 Å². The topological polar surface area (TPSA) is 63.8 Å². The van der Waals surface area contributed by atoms with Crippen LogP contribution in [0.15, 0.2) is 61.2 Å². The van der Waals surface area contributed by atoms with Gasteiger partial charge in [0.25, 0.3) is 0 Å². The molecule has 1 aromatic heterocycles. The normalized spacial score (nSPS) is 11.3. The number of nitrogens with one attached hydrogen (secondary N) is 1. The van der Waals surface area contributed by atoms with E-state index < -0.39 is 0 Å². The number of anilines is 1. The molecule has 3 rings (SSSR count). The Kier molecular flexibility index (Phi) is 5.50. The van der Waals surface area contributed by atoms with Crippen LogP contribution in [0.5, 0.6) is 0 Å². The Bertz CT molecular complexity index is 970. The van der Waals surface area contributed by atoms with Crippen molar-refractivity contribution in [1.82, 2.24) is 10.2 Å². The molecule has 144 valence electrons. The minimum absolute atomic E-state index is 0.0125. The summed E-state index contributed by atoms with van der Waals surface area (Å²) in [7, 11) is 0. The fourth-order valence-corrected chi connectivity index (χ4v) is 3.13. The lowest BCUT2D eigenvalue weighted by atomic mass is 9.84. The van der Waals surface area contributed by atoms with Crippen LogP contribution in [0.2, 0.25) is 0 Å². The first-order valence-electron chi connectivity index (χ1n) is 9.47. The molecular formula is C24H28N4. The van der Waals surface area contributed by atoms with Crippen LogP contribution in [-0.4, -0.2) is 16.7 Å². The van der Waals surface area contributed by atoms with Gasteiger partial charge < -0.3 is 11.1 Å². The number of nitrogens with two attached hydrogens (primary N) is 1. The molecule has 0 bridgehead atoms. The van der Waals surface area contributed by atoms with Crippen molar-refractivity contribution >= 4 is 11.5 Å². The van der Waals surface area contributed by atoms with Crippen LogP contribution in [0.1, 0.15) is 36.1 Å². The maximum absolute atomic E-state index is 5.88. The third-order valence-corrected chi connectivity index (χ3v) is 5.09.